The molecule has 3 unspecified atom stereocenters. The fourth-order valence-corrected chi connectivity index (χ4v) is 2.90. The molecule has 5 heteroatoms. The summed E-state index contributed by atoms with van der Waals surface area (Å²) in [6, 6.07) is 0. The van der Waals surface area contributed by atoms with Gasteiger partial charge in [0.15, 0.2) is 0 Å². The van der Waals surface area contributed by atoms with Gasteiger partial charge in [-0.3, -0.25) is 0 Å². The van der Waals surface area contributed by atoms with Crippen LogP contribution in [0, 0.1) is 17.0 Å². The Morgan fingerprint density at radius 3 is 2.09 bits per heavy atom. The van der Waals surface area contributed by atoms with Crippen molar-refractivity contribution < 1.29 is 19.6 Å². The molecule has 0 heterocycles. The van der Waals surface area contributed by atoms with Crippen molar-refractivity contribution in [3.8, 4) is 0 Å². The summed E-state index contributed by atoms with van der Waals surface area (Å²) in [7, 11) is 0. The Balaban J connectivity index is 3.93. The van der Waals surface area contributed by atoms with Gasteiger partial charge in [-0.25, -0.2) is 0 Å². The third kappa shape index (κ3) is 9.74. The third-order valence-corrected chi connectivity index (χ3v) is 4.55. The van der Waals surface area contributed by atoms with E-state index in [-0.39, 0.29) is 32.4 Å². The number of quaternary nitrogens is 1. The number of ether oxygens (including phenoxy) is 1. The first kappa shape index (κ1) is 21.8. The molecule has 0 rings (SSSR count). The molecule has 0 fully saturated rings. The zero-order chi connectivity index (χ0) is 17.0. The van der Waals surface area contributed by atoms with Gasteiger partial charge in [0.25, 0.3) is 0 Å². The minimum atomic E-state index is -0.533. The number of rotatable bonds is 14. The van der Waals surface area contributed by atoms with Gasteiger partial charge < -0.3 is 24.8 Å². The maximum atomic E-state index is 12.2. The van der Waals surface area contributed by atoms with E-state index < -0.39 is 4.65 Å². The molecule has 0 aliphatic rings. The standard InChI is InChI=1S/C17H37NO4/c1-5-7-15(2)16(3)14-17(4)22-13-6-8-18(21,9-11-19)10-12-20/h15-17,19-20H,5-14H2,1-4H3. The Bertz CT molecular complexity index is 257. The lowest BCUT2D eigenvalue weighted by Gasteiger charge is -2.42. The summed E-state index contributed by atoms with van der Waals surface area (Å²) in [5, 5.41) is 30.1. The van der Waals surface area contributed by atoms with Crippen molar-refractivity contribution >= 4 is 0 Å². The van der Waals surface area contributed by atoms with Crippen molar-refractivity contribution in [2.75, 3.05) is 39.5 Å². The van der Waals surface area contributed by atoms with Gasteiger partial charge in [0.1, 0.15) is 13.1 Å². The summed E-state index contributed by atoms with van der Waals surface area (Å²) in [6.07, 6.45) is 4.39. The molecule has 0 aromatic heterocycles. The van der Waals surface area contributed by atoms with Crippen LogP contribution in [0.3, 0.4) is 0 Å². The lowest BCUT2D eigenvalue weighted by atomic mass is 9.88. The molecular formula is C17H37NO4. The normalized spacial score (nSPS) is 16.5. The lowest BCUT2D eigenvalue weighted by molar-refractivity contribution is -0.881. The van der Waals surface area contributed by atoms with E-state index in [1.807, 2.05) is 0 Å². The predicted molar refractivity (Wildman–Crippen MR) is 90.3 cm³/mol. The fraction of sp³-hybridized carbons (Fsp3) is 1.00. The van der Waals surface area contributed by atoms with Crippen LogP contribution in [0.15, 0.2) is 0 Å². The van der Waals surface area contributed by atoms with Crippen LogP contribution in [-0.4, -0.2) is 60.4 Å². The third-order valence-electron chi connectivity index (χ3n) is 4.55. The van der Waals surface area contributed by atoms with Gasteiger partial charge in [-0.05, 0) is 25.2 Å². The quantitative estimate of drug-likeness (QED) is 0.293. The zero-order valence-corrected chi connectivity index (χ0v) is 15.0. The number of aliphatic hydroxyl groups excluding tert-OH is 2. The van der Waals surface area contributed by atoms with Crippen LogP contribution in [0.4, 0.5) is 0 Å². The maximum absolute atomic E-state index is 12.2. The Kier molecular flexibility index (Phi) is 12.1. The first-order valence-corrected chi connectivity index (χ1v) is 8.79. The molecule has 0 aromatic rings. The second-order valence-electron chi connectivity index (χ2n) is 6.69. The molecule has 0 spiro atoms. The van der Waals surface area contributed by atoms with Gasteiger partial charge in [0, 0.05) is 6.42 Å². The van der Waals surface area contributed by atoms with E-state index in [2.05, 4.69) is 27.7 Å². The average molecular weight is 319 g/mol. The average Bonchev–Trinajstić information content (AvgIpc) is 2.44. The highest BCUT2D eigenvalue weighted by Crippen LogP contribution is 2.22. The molecule has 2 N–H and O–H groups in total. The van der Waals surface area contributed by atoms with Crippen molar-refractivity contribution in [1.29, 1.82) is 0 Å². The van der Waals surface area contributed by atoms with Crippen LogP contribution >= 0.6 is 0 Å². The van der Waals surface area contributed by atoms with Gasteiger partial charge in [-0.2, -0.15) is 0 Å². The smallest absolute Gasteiger partial charge is 0.102 e. The first-order valence-electron chi connectivity index (χ1n) is 8.79. The Labute approximate surface area is 136 Å². The van der Waals surface area contributed by atoms with E-state index in [4.69, 9.17) is 14.9 Å². The second kappa shape index (κ2) is 12.3. The highest BCUT2D eigenvalue weighted by molar-refractivity contribution is 4.65. The molecule has 0 aliphatic carbocycles. The molecule has 5 nitrogen and oxygen atoms in total. The zero-order valence-electron chi connectivity index (χ0n) is 15.0. The number of hydrogen-bond donors (Lipinski definition) is 2. The Morgan fingerprint density at radius 2 is 1.59 bits per heavy atom. The maximum Gasteiger partial charge on any atom is 0.102 e. The van der Waals surface area contributed by atoms with Crippen LogP contribution in [-0.2, 0) is 4.74 Å². The van der Waals surface area contributed by atoms with Crippen LogP contribution in [0.25, 0.3) is 0 Å². The first-order chi connectivity index (χ1) is 10.4. The number of hydrogen-bond acceptors (Lipinski definition) is 4. The largest absolute Gasteiger partial charge is 0.633 e. The van der Waals surface area contributed by atoms with Gasteiger partial charge >= 0.3 is 0 Å². The molecule has 0 aliphatic heterocycles. The van der Waals surface area contributed by atoms with Crippen LogP contribution < -0.4 is 0 Å². The van der Waals surface area contributed by atoms with E-state index in [1.165, 1.54) is 12.8 Å². The van der Waals surface area contributed by atoms with Crippen LogP contribution in [0.5, 0.6) is 0 Å². The van der Waals surface area contributed by atoms with Crippen molar-refractivity contribution in [1.82, 2.24) is 0 Å². The lowest BCUT2D eigenvalue weighted by Crippen LogP contribution is -2.47. The van der Waals surface area contributed by atoms with Crippen LogP contribution in [0.2, 0.25) is 0 Å². The monoisotopic (exact) mass is 319 g/mol. The van der Waals surface area contributed by atoms with Crippen LogP contribution in [0.1, 0.15) is 53.4 Å². The SMILES string of the molecule is CCCC(C)C(C)CC(C)OCCC[N+]([O-])(CCO)CCO. The number of nitrogens with zero attached hydrogens (tertiary/aromatic N) is 1. The van der Waals surface area contributed by atoms with Crippen molar-refractivity contribution in [2.24, 2.45) is 11.8 Å². The summed E-state index contributed by atoms with van der Waals surface area (Å²) >= 11 is 0. The Hall–Kier alpha value is -0.200. The molecule has 0 amide bonds. The predicted octanol–water partition coefficient (Wildman–Crippen LogP) is 2.54. The van der Waals surface area contributed by atoms with E-state index >= 15 is 0 Å². The highest BCUT2D eigenvalue weighted by atomic mass is 16.5. The summed E-state index contributed by atoms with van der Waals surface area (Å²) in [5.74, 6) is 1.37. The number of aliphatic hydroxyl groups is 2. The van der Waals surface area contributed by atoms with E-state index in [0.29, 0.717) is 25.5 Å². The molecule has 0 saturated heterocycles. The molecular weight excluding hydrogens is 282 g/mol. The van der Waals surface area contributed by atoms with Gasteiger partial charge in [0.2, 0.25) is 0 Å². The summed E-state index contributed by atoms with van der Waals surface area (Å²) < 4.78 is 5.29. The molecule has 0 aromatic carbocycles. The van der Waals surface area contributed by atoms with E-state index in [1.54, 1.807) is 0 Å². The number of hydroxylamine groups is 3. The molecule has 3 atom stereocenters. The van der Waals surface area contributed by atoms with Crippen molar-refractivity contribution in [3.63, 3.8) is 0 Å². The van der Waals surface area contributed by atoms with Crippen molar-refractivity contribution in [3.05, 3.63) is 5.21 Å². The Morgan fingerprint density at radius 1 is 1.00 bits per heavy atom. The molecule has 0 saturated carbocycles. The van der Waals surface area contributed by atoms with Gasteiger partial charge in [-0.1, -0.05) is 33.6 Å². The second-order valence-corrected chi connectivity index (χ2v) is 6.69. The summed E-state index contributed by atoms with van der Waals surface area (Å²) in [5.41, 5.74) is 0. The molecule has 0 radical (unpaired) electrons. The minimum Gasteiger partial charge on any atom is -0.633 e. The summed E-state index contributed by atoms with van der Waals surface area (Å²) in [4.78, 5) is 0. The highest BCUT2D eigenvalue weighted by Gasteiger charge is 2.17. The molecule has 0 bridgehead atoms. The molecule has 134 valence electrons. The molecule has 22 heavy (non-hydrogen) atoms. The summed E-state index contributed by atoms with van der Waals surface area (Å²) in [6.45, 7) is 9.83. The van der Waals surface area contributed by atoms with Gasteiger partial charge in [-0.15, -0.1) is 0 Å². The van der Waals surface area contributed by atoms with Gasteiger partial charge in [0.05, 0.1) is 32.5 Å². The minimum absolute atomic E-state index is 0.141. The fourth-order valence-electron chi connectivity index (χ4n) is 2.90. The van der Waals surface area contributed by atoms with E-state index in [0.717, 1.165) is 12.3 Å². The topological polar surface area (TPSA) is 72.8 Å². The van der Waals surface area contributed by atoms with Crippen molar-refractivity contribution in [2.45, 2.75) is 59.5 Å². The van der Waals surface area contributed by atoms with E-state index in [9.17, 15) is 5.21 Å².